The van der Waals surface area contributed by atoms with Crippen molar-refractivity contribution < 1.29 is 47.1 Å². The van der Waals surface area contributed by atoms with E-state index in [4.69, 9.17) is 11.6 Å². The van der Waals surface area contributed by atoms with Crippen molar-refractivity contribution in [2.45, 2.75) is 22.3 Å². The van der Waals surface area contributed by atoms with Crippen molar-refractivity contribution in [1.29, 1.82) is 0 Å². The molecule has 0 unspecified atom stereocenters. The summed E-state index contributed by atoms with van der Waals surface area (Å²) in [5.41, 5.74) is 9.81. The molecule has 8 heteroatoms. The first-order valence-electron chi connectivity index (χ1n) is 20.4. The number of rotatable bonds is 6. The van der Waals surface area contributed by atoms with Gasteiger partial charge in [-0.15, -0.1) is 41.5 Å². The van der Waals surface area contributed by atoms with E-state index >= 15 is 0 Å². The van der Waals surface area contributed by atoms with Gasteiger partial charge in [-0.2, -0.15) is 18.2 Å². The van der Waals surface area contributed by atoms with Gasteiger partial charge in [-0.1, -0.05) is 227 Å². The standard InChI is InChI=1S/C20H14ClF.C20H14F.C14H10.C6H4F.3CH4.2BrH.2Mg/c21-20(17-9-5-2-6-10-17)19(15-7-3-1-4-8-15)16-11-13-18(22)14-12-16;21-19-13-11-18(12-14-19)20(17-9-5-2-6-10-17)15-16-7-3-1-4-8-16;1-3-7-13(8-4-1)11-12-14-9-5-2-6-10-14;7-6-4-2-1-3-5-6;;;;;;;/h1-14H;1-14H;1-10H;2-5H;3*1H4;2*1H;;/q;-1;;-1;;;;;;2*+2/p-2/b20-19-;;;;;;;;;;. The van der Waals surface area contributed by atoms with Gasteiger partial charge in [-0.25, -0.2) is 13.2 Å². The predicted octanol–water partition coefficient (Wildman–Crippen LogP) is 11.0. The summed E-state index contributed by atoms with van der Waals surface area (Å²) >= 11 is 6.67. The average molecular weight is 1110 g/mol. The van der Waals surface area contributed by atoms with Crippen molar-refractivity contribution in [3.63, 3.8) is 0 Å². The number of hydrogen-bond donors (Lipinski definition) is 0. The van der Waals surface area contributed by atoms with Crippen LogP contribution in [0.2, 0.25) is 0 Å². The molecule has 0 atom stereocenters. The first kappa shape index (κ1) is 67.7. The predicted molar refractivity (Wildman–Crippen MR) is 291 cm³/mol. The van der Waals surface area contributed by atoms with Crippen LogP contribution in [0.1, 0.15) is 66.8 Å². The van der Waals surface area contributed by atoms with E-state index < -0.39 is 0 Å². The maximum absolute atomic E-state index is 13.2. The zero-order valence-electron chi connectivity index (χ0n) is 36.9. The minimum atomic E-state index is -0.257. The van der Waals surface area contributed by atoms with Crippen LogP contribution in [0.5, 0.6) is 0 Å². The van der Waals surface area contributed by atoms with Gasteiger partial charge in [-0.3, -0.25) is 0 Å². The Balaban J connectivity index is 0. The molecular formula is C63H54Br2ClF3Mg2. The summed E-state index contributed by atoms with van der Waals surface area (Å²) in [6, 6.07) is 81.1. The van der Waals surface area contributed by atoms with Gasteiger partial charge in [0, 0.05) is 22.5 Å². The fraction of sp³-hybridized carbons (Fsp3) is 0.0476. The van der Waals surface area contributed by atoms with E-state index in [0.717, 1.165) is 55.7 Å². The normalized spacial score (nSPS) is 9.66. The number of benzene rings is 9. The molecule has 0 aliphatic heterocycles. The molecule has 0 spiro atoms. The van der Waals surface area contributed by atoms with Gasteiger partial charge >= 0.3 is 46.1 Å². The third kappa shape index (κ3) is 23.6. The largest absolute Gasteiger partial charge is 2.00 e. The first-order valence-corrected chi connectivity index (χ1v) is 20.8. The molecular weight excluding hydrogens is 1060 g/mol. The van der Waals surface area contributed by atoms with Crippen LogP contribution in [0.4, 0.5) is 13.2 Å². The maximum Gasteiger partial charge on any atom is 2.00 e. The van der Waals surface area contributed by atoms with Crippen LogP contribution in [0, 0.1) is 41.4 Å². The Bertz CT molecular complexity index is 2820. The second-order valence-electron chi connectivity index (χ2n) is 13.9. The summed E-state index contributed by atoms with van der Waals surface area (Å²) in [6.07, 6.45) is 3.43. The molecule has 0 bridgehead atoms. The van der Waals surface area contributed by atoms with Crippen LogP contribution >= 0.6 is 11.6 Å². The maximum atomic E-state index is 13.2. The summed E-state index contributed by atoms with van der Waals surface area (Å²) in [5, 5.41) is 0.651. The molecule has 9 aromatic rings. The summed E-state index contributed by atoms with van der Waals surface area (Å²) < 4.78 is 38.3. The Hall–Kier alpha value is -5.41. The Morgan fingerprint density at radius 1 is 0.366 bits per heavy atom. The molecule has 0 aromatic heterocycles. The topological polar surface area (TPSA) is 0 Å². The van der Waals surface area contributed by atoms with Gasteiger partial charge in [0.05, 0.1) is 5.03 Å². The first-order chi connectivity index (χ1) is 31.4. The Kier molecular flexibility index (Phi) is 36.5. The van der Waals surface area contributed by atoms with Crippen LogP contribution in [-0.2, 0) is 0 Å². The molecule has 0 fully saturated rings. The zero-order valence-corrected chi connectivity index (χ0v) is 43.7. The third-order valence-corrected chi connectivity index (χ3v) is 9.66. The fourth-order valence-corrected chi connectivity index (χ4v) is 6.47. The molecule has 0 amide bonds. The van der Waals surface area contributed by atoms with E-state index in [1.807, 2.05) is 182 Å². The van der Waals surface area contributed by atoms with Crippen LogP contribution in [0.15, 0.2) is 255 Å². The molecule has 0 saturated carbocycles. The van der Waals surface area contributed by atoms with E-state index in [1.165, 1.54) is 48.5 Å². The third-order valence-electron chi connectivity index (χ3n) is 9.26. The second-order valence-corrected chi connectivity index (χ2v) is 14.2. The molecule has 352 valence electrons. The Morgan fingerprint density at radius 2 is 0.662 bits per heavy atom. The van der Waals surface area contributed by atoms with Gasteiger partial charge in [-0.05, 0) is 65.2 Å². The Morgan fingerprint density at radius 3 is 1.04 bits per heavy atom. The van der Waals surface area contributed by atoms with Gasteiger partial charge < -0.3 is 34.0 Å². The molecule has 0 saturated heterocycles. The zero-order chi connectivity index (χ0) is 44.6. The molecule has 0 aliphatic carbocycles. The smallest absolute Gasteiger partial charge is 1.00 e. The van der Waals surface area contributed by atoms with Gasteiger partial charge in [0.15, 0.2) is 0 Å². The van der Waals surface area contributed by atoms with Crippen molar-refractivity contribution in [3.8, 4) is 11.8 Å². The van der Waals surface area contributed by atoms with E-state index in [1.54, 1.807) is 24.3 Å². The molecule has 0 nitrogen and oxygen atoms in total. The van der Waals surface area contributed by atoms with Crippen LogP contribution in [0.25, 0.3) is 16.2 Å². The van der Waals surface area contributed by atoms with Crippen molar-refractivity contribution in [2.24, 2.45) is 0 Å². The van der Waals surface area contributed by atoms with E-state index in [2.05, 4.69) is 24.0 Å². The van der Waals surface area contributed by atoms with Crippen molar-refractivity contribution in [1.82, 2.24) is 0 Å². The van der Waals surface area contributed by atoms with E-state index in [-0.39, 0.29) is 120 Å². The summed E-state index contributed by atoms with van der Waals surface area (Å²) in [6.45, 7) is 0. The summed E-state index contributed by atoms with van der Waals surface area (Å²) in [4.78, 5) is 0. The van der Waals surface area contributed by atoms with E-state index in [9.17, 15) is 13.2 Å². The quantitative estimate of drug-likeness (QED) is 0.0674. The van der Waals surface area contributed by atoms with Crippen molar-refractivity contribution in [3.05, 3.63) is 329 Å². The summed E-state index contributed by atoms with van der Waals surface area (Å²) in [7, 11) is 0. The van der Waals surface area contributed by atoms with Crippen molar-refractivity contribution in [2.75, 3.05) is 0 Å². The molecule has 71 heavy (non-hydrogen) atoms. The molecule has 9 rings (SSSR count). The molecule has 0 heterocycles. The van der Waals surface area contributed by atoms with Gasteiger partial charge in [0.1, 0.15) is 11.6 Å². The number of halogens is 6. The van der Waals surface area contributed by atoms with Crippen LogP contribution < -0.4 is 34.0 Å². The van der Waals surface area contributed by atoms with E-state index in [0.29, 0.717) is 5.03 Å². The molecule has 0 N–H and O–H groups in total. The van der Waals surface area contributed by atoms with Crippen molar-refractivity contribution >= 4 is 73.9 Å². The molecule has 9 aromatic carbocycles. The molecule has 0 radical (unpaired) electrons. The average Bonchev–Trinajstić information content (AvgIpc) is 3.36. The monoisotopic (exact) mass is 1110 g/mol. The Labute approximate surface area is 479 Å². The van der Waals surface area contributed by atoms with Gasteiger partial charge in [0.25, 0.3) is 0 Å². The van der Waals surface area contributed by atoms with Crippen LogP contribution in [-0.4, -0.2) is 46.1 Å². The van der Waals surface area contributed by atoms with Crippen LogP contribution in [0.3, 0.4) is 0 Å². The minimum absolute atomic E-state index is 0. The molecule has 0 aliphatic rings. The van der Waals surface area contributed by atoms with Gasteiger partial charge in [0.2, 0.25) is 0 Å². The minimum Gasteiger partial charge on any atom is -1.00 e. The SMILES string of the molecule is C.C.C.C(#Cc1ccccc1)c1ccccc1.Fc1cc[c-]cc1.Fc1ccc(/C(=C(\Cl)c2ccccc2)c2ccccc2)cc1.Fc1ccc(C(=[C-]c2ccccc2)c2ccccc2)cc1.[Br-].[Br-].[Mg+2].[Mg+2]. The summed E-state index contributed by atoms with van der Waals surface area (Å²) in [5.74, 6) is 5.52. The number of hydrogen-bond acceptors (Lipinski definition) is 0. The second kappa shape index (κ2) is 38.3. The fourth-order valence-electron chi connectivity index (χ4n) is 6.12.